The molecule has 1 aromatic carbocycles. The van der Waals surface area contributed by atoms with Gasteiger partial charge in [0.05, 0.1) is 10.7 Å². The van der Waals surface area contributed by atoms with Gasteiger partial charge in [-0.25, -0.2) is 0 Å². The van der Waals surface area contributed by atoms with Crippen LogP contribution in [0, 0.1) is 6.92 Å². The van der Waals surface area contributed by atoms with Gasteiger partial charge in [-0.3, -0.25) is 9.36 Å². The van der Waals surface area contributed by atoms with E-state index in [2.05, 4.69) is 15.1 Å². The Morgan fingerprint density at radius 2 is 2.00 bits per heavy atom. The van der Waals surface area contributed by atoms with Gasteiger partial charge in [0.2, 0.25) is 5.95 Å². The van der Waals surface area contributed by atoms with Gasteiger partial charge in [0.15, 0.2) is 5.16 Å². The zero-order valence-corrected chi connectivity index (χ0v) is 17.4. The molecule has 6 nitrogen and oxygen atoms in total. The minimum atomic E-state index is 0.0819. The molecule has 0 atom stereocenters. The molecule has 0 bridgehead atoms. The lowest BCUT2D eigenvalue weighted by Gasteiger charge is -2.19. The molecule has 2 aromatic heterocycles. The lowest BCUT2D eigenvalue weighted by molar-refractivity contribution is 0.728. The highest BCUT2D eigenvalue weighted by Crippen LogP contribution is 2.31. The molecule has 1 saturated heterocycles. The van der Waals surface area contributed by atoms with Gasteiger partial charge in [-0.15, -0.1) is 10.2 Å². The molecule has 27 heavy (non-hydrogen) atoms. The first-order valence-electron chi connectivity index (χ1n) is 8.88. The van der Waals surface area contributed by atoms with E-state index in [0.29, 0.717) is 11.6 Å². The van der Waals surface area contributed by atoms with Crippen LogP contribution in [0.15, 0.2) is 39.6 Å². The zero-order valence-electron chi connectivity index (χ0n) is 15.0. The number of hydrogen-bond acceptors (Lipinski definition) is 6. The first-order chi connectivity index (χ1) is 13.1. The zero-order chi connectivity index (χ0) is 18.8. The molecule has 1 aliphatic heterocycles. The summed E-state index contributed by atoms with van der Waals surface area (Å²) in [7, 11) is 0. The maximum Gasteiger partial charge on any atom is 0.307 e. The van der Waals surface area contributed by atoms with Gasteiger partial charge in [0.25, 0.3) is 0 Å². The topological polar surface area (TPSA) is 56.0 Å². The van der Waals surface area contributed by atoms with Crippen molar-refractivity contribution in [2.75, 3.05) is 23.7 Å². The van der Waals surface area contributed by atoms with E-state index >= 15 is 0 Å². The number of hydrogen-bond donors (Lipinski definition) is 0. The van der Waals surface area contributed by atoms with Gasteiger partial charge >= 0.3 is 4.87 Å². The number of para-hydroxylation sites is 1. The van der Waals surface area contributed by atoms with Crippen molar-refractivity contribution in [3.05, 3.63) is 50.0 Å². The lowest BCUT2D eigenvalue weighted by atomic mass is 10.3. The second-order valence-electron chi connectivity index (χ2n) is 6.41. The van der Waals surface area contributed by atoms with E-state index in [1.54, 1.807) is 16.3 Å². The number of thioether (sulfide) groups is 1. The first-order valence-corrected chi connectivity index (χ1v) is 11.1. The van der Waals surface area contributed by atoms with Crippen LogP contribution in [-0.2, 0) is 6.54 Å². The highest BCUT2D eigenvalue weighted by atomic mass is 35.5. The number of anilines is 1. The van der Waals surface area contributed by atoms with Crippen LogP contribution in [0.4, 0.5) is 5.95 Å². The van der Waals surface area contributed by atoms with Gasteiger partial charge in [0.1, 0.15) is 0 Å². The molecule has 0 N–H and O–H groups in total. The fourth-order valence-electron chi connectivity index (χ4n) is 3.22. The lowest BCUT2D eigenvalue weighted by Crippen LogP contribution is -2.22. The van der Waals surface area contributed by atoms with Crippen LogP contribution in [0.25, 0.3) is 5.69 Å². The number of thiazole rings is 1. The summed E-state index contributed by atoms with van der Waals surface area (Å²) in [6.45, 7) is 4.57. The molecule has 9 heteroatoms. The molecular formula is C18H20ClN5OS2. The third-order valence-corrected chi connectivity index (χ3v) is 6.73. The fraction of sp³-hybridized carbons (Fsp3) is 0.389. The van der Waals surface area contributed by atoms with Crippen LogP contribution in [0.1, 0.15) is 18.5 Å². The predicted molar refractivity (Wildman–Crippen MR) is 112 cm³/mol. The molecule has 3 heterocycles. The standard InChI is InChI=1S/C18H20ClN5OS2/c1-13-12-27-18(25)23(13)10-11-26-17-21-20-16(22-8-4-5-9-22)24(17)15-7-3-2-6-14(15)19/h2-3,6-7,12H,4-5,8-11H2,1H3. The summed E-state index contributed by atoms with van der Waals surface area (Å²) in [5.41, 5.74) is 1.88. The maximum absolute atomic E-state index is 11.9. The summed E-state index contributed by atoms with van der Waals surface area (Å²) in [6.07, 6.45) is 2.33. The fourth-order valence-corrected chi connectivity index (χ4v) is 5.07. The molecule has 0 radical (unpaired) electrons. The summed E-state index contributed by atoms with van der Waals surface area (Å²) in [6, 6.07) is 7.76. The van der Waals surface area contributed by atoms with Gasteiger partial charge in [-0.1, -0.05) is 46.8 Å². The molecule has 142 valence electrons. The van der Waals surface area contributed by atoms with Gasteiger partial charge in [-0.05, 0) is 31.9 Å². The van der Waals surface area contributed by atoms with Crippen molar-refractivity contribution in [1.82, 2.24) is 19.3 Å². The Morgan fingerprint density at radius 3 is 2.70 bits per heavy atom. The van der Waals surface area contributed by atoms with Crippen LogP contribution >= 0.6 is 34.7 Å². The SMILES string of the molecule is Cc1csc(=O)n1CCSc1nnc(N2CCCC2)n1-c1ccccc1Cl. The quantitative estimate of drug-likeness (QED) is 0.566. The van der Waals surface area contributed by atoms with E-state index in [-0.39, 0.29) is 4.87 Å². The van der Waals surface area contributed by atoms with Gasteiger partial charge in [0, 0.05) is 36.5 Å². The minimum absolute atomic E-state index is 0.0819. The average molecular weight is 422 g/mol. The highest BCUT2D eigenvalue weighted by Gasteiger charge is 2.23. The molecule has 1 aliphatic rings. The summed E-state index contributed by atoms with van der Waals surface area (Å²) < 4.78 is 3.84. The Morgan fingerprint density at radius 1 is 1.22 bits per heavy atom. The molecule has 1 fully saturated rings. The Hall–Kier alpha value is -1.77. The minimum Gasteiger partial charge on any atom is -0.341 e. The van der Waals surface area contributed by atoms with Crippen molar-refractivity contribution in [2.24, 2.45) is 0 Å². The molecule has 0 spiro atoms. The Kier molecular flexibility index (Phi) is 5.56. The third-order valence-electron chi connectivity index (χ3n) is 4.62. The van der Waals surface area contributed by atoms with Crippen LogP contribution in [0.2, 0.25) is 5.02 Å². The normalized spacial score (nSPS) is 14.2. The molecule has 0 aliphatic carbocycles. The predicted octanol–water partition coefficient (Wildman–Crippen LogP) is 3.84. The van der Waals surface area contributed by atoms with Crippen molar-refractivity contribution in [3.63, 3.8) is 0 Å². The number of halogens is 1. The molecule has 4 rings (SSSR count). The van der Waals surface area contributed by atoms with E-state index < -0.39 is 0 Å². The second-order valence-corrected chi connectivity index (χ2v) is 8.70. The second kappa shape index (κ2) is 8.08. The maximum atomic E-state index is 11.9. The van der Waals surface area contributed by atoms with Crippen molar-refractivity contribution >= 4 is 40.6 Å². The Balaban J connectivity index is 1.62. The first kappa shape index (κ1) is 18.6. The van der Waals surface area contributed by atoms with Crippen molar-refractivity contribution in [3.8, 4) is 5.69 Å². The van der Waals surface area contributed by atoms with Crippen LogP contribution in [0.5, 0.6) is 0 Å². The van der Waals surface area contributed by atoms with E-state index in [0.717, 1.165) is 54.2 Å². The van der Waals surface area contributed by atoms with Gasteiger partial charge in [-0.2, -0.15) is 0 Å². The van der Waals surface area contributed by atoms with Crippen molar-refractivity contribution < 1.29 is 0 Å². The highest BCUT2D eigenvalue weighted by molar-refractivity contribution is 7.99. The van der Waals surface area contributed by atoms with E-state index in [9.17, 15) is 4.79 Å². The summed E-state index contributed by atoms with van der Waals surface area (Å²) in [5.74, 6) is 1.58. The third kappa shape index (κ3) is 3.79. The van der Waals surface area contributed by atoms with Crippen molar-refractivity contribution in [1.29, 1.82) is 0 Å². The van der Waals surface area contributed by atoms with E-state index in [1.807, 2.05) is 41.1 Å². The largest absolute Gasteiger partial charge is 0.341 e. The number of aryl methyl sites for hydroxylation is 1. The van der Waals surface area contributed by atoms with Crippen LogP contribution in [-0.4, -0.2) is 38.2 Å². The monoisotopic (exact) mass is 421 g/mol. The Labute approximate surface area is 170 Å². The number of benzene rings is 1. The smallest absolute Gasteiger partial charge is 0.307 e. The Bertz CT molecular complexity index is 990. The summed E-state index contributed by atoms with van der Waals surface area (Å²) in [5, 5.41) is 12.3. The molecule has 0 amide bonds. The number of aromatic nitrogens is 4. The number of nitrogens with zero attached hydrogens (tertiary/aromatic N) is 5. The van der Waals surface area contributed by atoms with E-state index in [1.165, 1.54) is 11.3 Å². The molecule has 0 unspecified atom stereocenters. The summed E-state index contributed by atoms with van der Waals surface area (Å²) in [4.78, 5) is 14.2. The molecule has 3 aromatic rings. The van der Waals surface area contributed by atoms with E-state index in [4.69, 9.17) is 11.6 Å². The van der Waals surface area contributed by atoms with Crippen LogP contribution < -0.4 is 9.77 Å². The van der Waals surface area contributed by atoms with Crippen LogP contribution in [0.3, 0.4) is 0 Å². The molecular weight excluding hydrogens is 402 g/mol. The summed E-state index contributed by atoms with van der Waals surface area (Å²) >= 11 is 9.31. The van der Waals surface area contributed by atoms with Gasteiger partial charge < -0.3 is 9.47 Å². The van der Waals surface area contributed by atoms with Crippen molar-refractivity contribution in [2.45, 2.75) is 31.5 Å². The molecule has 0 saturated carbocycles. The number of rotatable bonds is 6. The average Bonchev–Trinajstić information content (AvgIpc) is 3.38.